The van der Waals surface area contributed by atoms with Crippen LogP contribution in [-0.2, 0) is 0 Å². The Morgan fingerprint density at radius 2 is 2.21 bits per heavy atom. The Balaban J connectivity index is 2.40. The van der Waals surface area contributed by atoms with Gasteiger partial charge in [-0.2, -0.15) is 0 Å². The molecule has 1 aromatic rings. The van der Waals surface area contributed by atoms with Crippen molar-refractivity contribution in [3.63, 3.8) is 0 Å². The number of nitrogens with two attached hydrogens (primary N) is 1. The Hall–Kier alpha value is -0.255. The van der Waals surface area contributed by atoms with Crippen LogP contribution in [0.5, 0.6) is 0 Å². The summed E-state index contributed by atoms with van der Waals surface area (Å²) in [5, 5.41) is 0.839. The summed E-state index contributed by atoms with van der Waals surface area (Å²) in [6, 6.07) is 2.25. The van der Waals surface area contributed by atoms with Gasteiger partial charge in [0.15, 0.2) is 7.28 Å². The van der Waals surface area contributed by atoms with Gasteiger partial charge >= 0.3 is 0 Å². The van der Waals surface area contributed by atoms with Crippen LogP contribution in [0.2, 0.25) is 6.82 Å². The zero-order valence-electron chi connectivity index (χ0n) is 7.87. The first kappa shape index (κ1) is 10.3. The van der Waals surface area contributed by atoms with Gasteiger partial charge in [0.1, 0.15) is 0 Å². The Bertz CT molecular complexity index is 408. The number of thioether (sulfide) groups is 2. The van der Waals surface area contributed by atoms with Gasteiger partial charge in [0.05, 0.1) is 9.24 Å². The second kappa shape index (κ2) is 4.09. The minimum atomic E-state index is 0.839. The minimum absolute atomic E-state index is 0.839. The van der Waals surface area contributed by atoms with Crippen molar-refractivity contribution >= 4 is 46.9 Å². The molecule has 0 aliphatic carbocycles. The van der Waals surface area contributed by atoms with Crippen molar-refractivity contribution in [2.45, 2.75) is 15.9 Å². The summed E-state index contributed by atoms with van der Waals surface area (Å²) in [6.07, 6.45) is 1.94. The van der Waals surface area contributed by atoms with Gasteiger partial charge < -0.3 is 5.73 Å². The van der Waals surface area contributed by atoms with E-state index >= 15 is 0 Å². The van der Waals surface area contributed by atoms with Gasteiger partial charge in [-0.1, -0.05) is 36.9 Å². The summed E-state index contributed by atoms with van der Waals surface area (Å²) in [4.78, 5) is 2.33. The van der Waals surface area contributed by atoms with Crippen molar-refractivity contribution in [2.24, 2.45) is 5.73 Å². The highest BCUT2D eigenvalue weighted by Crippen LogP contribution is 2.43. The molecule has 0 amide bonds. The molecule has 0 radical (unpaired) electrons. The van der Waals surface area contributed by atoms with E-state index in [-0.39, 0.29) is 0 Å². The first-order valence-corrected chi connectivity index (χ1v) is 6.78. The molecule has 2 heterocycles. The van der Waals surface area contributed by atoms with Gasteiger partial charge in [-0.3, -0.25) is 0 Å². The lowest BCUT2D eigenvalue weighted by Gasteiger charge is -1.95. The molecule has 0 saturated carbocycles. The van der Waals surface area contributed by atoms with E-state index in [0.717, 1.165) is 17.2 Å². The highest BCUT2D eigenvalue weighted by atomic mass is 32.2. The van der Waals surface area contributed by atoms with Crippen LogP contribution in [-0.4, -0.2) is 7.28 Å². The number of thiophene rings is 1. The zero-order chi connectivity index (χ0) is 10.1. The van der Waals surface area contributed by atoms with Gasteiger partial charge in [0.2, 0.25) is 0 Å². The Labute approximate surface area is 97.1 Å². The van der Waals surface area contributed by atoms with Crippen molar-refractivity contribution in [1.29, 1.82) is 0 Å². The van der Waals surface area contributed by atoms with Crippen LogP contribution in [0.3, 0.4) is 0 Å². The van der Waals surface area contributed by atoms with E-state index in [1.165, 1.54) is 13.9 Å². The number of fused-ring (bicyclic) bond motifs is 1. The van der Waals surface area contributed by atoms with Crippen molar-refractivity contribution < 1.29 is 0 Å². The molecule has 5 heteroatoms. The molecule has 0 unspecified atom stereocenters. The molecule has 2 N–H and O–H groups in total. The maximum absolute atomic E-state index is 5.85. The molecule has 1 aliphatic heterocycles. The van der Waals surface area contributed by atoms with E-state index in [1.54, 1.807) is 23.5 Å². The molecule has 1 aliphatic rings. The van der Waals surface area contributed by atoms with Crippen LogP contribution < -0.4 is 10.5 Å². The molecule has 1 nitrogen and oxygen atoms in total. The monoisotopic (exact) mass is 239 g/mol. The number of rotatable bonds is 1. The number of hydrogen-bond acceptors (Lipinski definition) is 4. The van der Waals surface area contributed by atoms with Gasteiger partial charge in [-0.15, -0.1) is 11.3 Å². The van der Waals surface area contributed by atoms with Crippen molar-refractivity contribution in [1.82, 2.24) is 0 Å². The summed E-state index contributed by atoms with van der Waals surface area (Å²) >= 11 is 5.19. The van der Waals surface area contributed by atoms with Crippen LogP contribution in [0.1, 0.15) is 0 Å². The second-order valence-electron chi connectivity index (χ2n) is 2.94. The second-order valence-corrected chi connectivity index (χ2v) is 6.58. The lowest BCUT2D eigenvalue weighted by Crippen LogP contribution is -2.02. The standard InChI is InChI=1S/C9H10BNS3/c1-5-3-8(11)14-9-6(12-5)4-7(10-2)13-9/h3-4,10H,1,11H2,2H3. The van der Waals surface area contributed by atoms with Gasteiger partial charge in [0.25, 0.3) is 0 Å². The minimum Gasteiger partial charge on any atom is -0.393 e. The summed E-state index contributed by atoms with van der Waals surface area (Å²) in [5.41, 5.74) is 5.85. The van der Waals surface area contributed by atoms with Crippen molar-refractivity contribution in [2.75, 3.05) is 0 Å². The molecule has 0 fully saturated rings. The number of hydrogen-bond donors (Lipinski definition) is 1. The Morgan fingerprint density at radius 1 is 1.43 bits per heavy atom. The molecule has 1 aromatic heterocycles. The van der Waals surface area contributed by atoms with E-state index < -0.39 is 0 Å². The Kier molecular flexibility index (Phi) is 3.00. The molecule has 0 bridgehead atoms. The summed E-state index contributed by atoms with van der Waals surface area (Å²) in [6.45, 7) is 6.13. The summed E-state index contributed by atoms with van der Waals surface area (Å²) in [7, 11) is 1.09. The van der Waals surface area contributed by atoms with E-state index in [1.807, 2.05) is 17.4 Å². The quantitative estimate of drug-likeness (QED) is 0.762. The third-order valence-corrected chi connectivity index (χ3v) is 5.33. The molecule has 72 valence electrons. The lowest BCUT2D eigenvalue weighted by molar-refractivity contribution is 1.41. The van der Waals surface area contributed by atoms with Crippen LogP contribution in [0.15, 0.2) is 37.8 Å². The molecule has 0 aromatic carbocycles. The molecule has 14 heavy (non-hydrogen) atoms. The third kappa shape index (κ3) is 2.05. The first-order chi connectivity index (χ1) is 6.69. The molecule has 0 saturated heterocycles. The Morgan fingerprint density at radius 3 is 2.93 bits per heavy atom. The fourth-order valence-electron chi connectivity index (χ4n) is 1.19. The van der Waals surface area contributed by atoms with Crippen molar-refractivity contribution in [3.8, 4) is 0 Å². The smallest absolute Gasteiger partial charge is 0.167 e. The van der Waals surface area contributed by atoms with Gasteiger partial charge in [0, 0.05) is 9.80 Å². The highest BCUT2D eigenvalue weighted by Gasteiger charge is 2.14. The van der Waals surface area contributed by atoms with Crippen LogP contribution in [0.25, 0.3) is 0 Å². The average Bonchev–Trinajstić information content (AvgIpc) is 2.42. The van der Waals surface area contributed by atoms with E-state index in [2.05, 4.69) is 19.5 Å². The normalized spacial score (nSPS) is 15.8. The zero-order valence-corrected chi connectivity index (χ0v) is 10.3. The van der Waals surface area contributed by atoms with E-state index in [9.17, 15) is 0 Å². The van der Waals surface area contributed by atoms with Crippen LogP contribution >= 0.6 is 34.9 Å². The van der Waals surface area contributed by atoms with Gasteiger partial charge in [-0.05, 0) is 16.9 Å². The topological polar surface area (TPSA) is 26.0 Å². The summed E-state index contributed by atoms with van der Waals surface area (Å²) in [5.74, 6) is 0. The molecule has 0 atom stereocenters. The fourth-order valence-corrected chi connectivity index (χ4v) is 4.66. The number of allylic oxidation sites excluding steroid dienone is 1. The summed E-state index contributed by atoms with van der Waals surface area (Å²) < 4.78 is 2.72. The fraction of sp³-hybridized carbons (Fsp3) is 0.111. The van der Waals surface area contributed by atoms with E-state index in [0.29, 0.717) is 0 Å². The molecular weight excluding hydrogens is 229 g/mol. The first-order valence-electron chi connectivity index (χ1n) is 4.33. The predicted octanol–water partition coefficient (Wildman–Crippen LogP) is 2.37. The molecule has 0 spiro atoms. The maximum Gasteiger partial charge on any atom is 0.167 e. The third-order valence-electron chi connectivity index (χ3n) is 1.82. The largest absolute Gasteiger partial charge is 0.393 e. The van der Waals surface area contributed by atoms with Gasteiger partial charge in [-0.25, -0.2) is 0 Å². The van der Waals surface area contributed by atoms with Crippen LogP contribution in [0.4, 0.5) is 0 Å². The van der Waals surface area contributed by atoms with E-state index in [4.69, 9.17) is 5.73 Å². The molecule has 2 rings (SSSR count). The van der Waals surface area contributed by atoms with Crippen LogP contribution in [0, 0.1) is 0 Å². The predicted molar refractivity (Wildman–Crippen MR) is 70.1 cm³/mol. The van der Waals surface area contributed by atoms with Crippen molar-refractivity contribution in [3.05, 3.63) is 28.7 Å². The SMILES string of the molecule is C=C1C=C(N)Sc2sc(BC)cc2S1. The molecular formula is C9H10BNS3. The lowest BCUT2D eigenvalue weighted by atomic mass is 9.81. The average molecular weight is 239 g/mol. The maximum atomic E-state index is 5.85. The highest BCUT2D eigenvalue weighted by molar-refractivity contribution is 8.08.